The third-order valence-electron chi connectivity index (χ3n) is 4.22. The second-order valence-corrected chi connectivity index (χ2v) is 5.36. The highest BCUT2D eigenvalue weighted by atomic mass is 16.5. The van der Waals surface area contributed by atoms with Gasteiger partial charge in [-0.1, -0.05) is 12.1 Å². The fraction of sp³-hybridized carbons (Fsp3) is 0.846. The zero-order chi connectivity index (χ0) is 12.4. The van der Waals surface area contributed by atoms with E-state index >= 15 is 0 Å². The number of nitrogens with zero attached hydrogens (tertiary/aromatic N) is 3. The summed E-state index contributed by atoms with van der Waals surface area (Å²) in [6.07, 6.45) is 4.60. The maximum Gasteiger partial charge on any atom is 0.228 e. The van der Waals surface area contributed by atoms with Gasteiger partial charge in [-0.05, 0) is 38.9 Å². The van der Waals surface area contributed by atoms with Gasteiger partial charge in [-0.25, -0.2) is 0 Å². The van der Waals surface area contributed by atoms with E-state index in [-0.39, 0.29) is 0 Å². The van der Waals surface area contributed by atoms with Crippen LogP contribution in [0.5, 0.6) is 0 Å². The van der Waals surface area contributed by atoms with Gasteiger partial charge in [-0.3, -0.25) is 0 Å². The van der Waals surface area contributed by atoms with Crippen LogP contribution < -0.4 is 5.32 Å². The van der Waals surface area contributed by atoms with Crippen LogP contribution in [0.2, 0.25) is 0 Å². The predicted octanol–water partition coefficient (Wildman–Crippen LogP) is 1.17. The van der Waals surface area contributed by atoms with Gasteiger partial charge in [0.1, 0.15) is 0 Å². The van der Waals surface area contributed by atoms with E-state index in [1.165, 1.54) is 19.4 Å². The van der Waals surface area contributed by atoms with Crippen LogP contribution in [0.4, 0.5) is 0 Å². The fourth-order valence-corrected chi connectivity index (χ4v) is 3.14. The third-order valence-corrected chi connectivity index (χ3v) is 4.22. The maximum atomic E-state index is 5.42. The molecule has 0 radical (unpaired) electrons. The lowest BCUT2D eigenvalue weighted by atomic mass is 10.1. The Hall–Kier alpha value is -0.940. The molecule has 0 bridgehead atoms. The molecule has 2 aliphatic heterocycles. The zero-order valence-electron chi connectivity index (χ0n) is 11.1. The minimum atomic E-state index is 0.452. The maximum absolute atomic E-state index is 5.42. The lowest BCUT2D eigenvalue weighted by Gasteiger charge is -2.20. The summed E-state index contributed by atoms with van der Waals surface area (Å²) in [5.41, 5.74) is 0. The fourth-order valence-electron chi connectivity index (χ4n) is 3.14. The first-order valence-electron chi connectivity index (χ1n) is 7.14. The van der Waals surface area contributed by atoms with E-state index in [2.05, 4.69) is 27.3 Å². The largest absolute Gasteiger partial charge is 0.339 e. The Balaban J connectivity index is 1.62. The molecule has 2 atom stereocenters. The molecule has 3 rings (SSSR count). The van der Waals surface area contributed by atoms with Crippen LogP contribution in [-0.2, 0) is 6.42 Å². The summed E-state index contributed by atoms with van der Waals surface area (Å²) in [5, 5.41) is 7.49. The molecule has 0 amide bonds. The van der Waals surface area contributed by atoms with Crippen molar-refractivity contribution in [2.75, 3.05) is 26.2 Å². The molecule has 0 aromatic carbocycles. The summed E-state index contributed by atoms with van der Waals surface area (Å²) in [5.74, 6) is 2.17. The van der Waals surface area contributed by atoms with Gasteiger partial charge in [-0.2, -0.15) is 4.98 Å². The van der Waals surface area contributed by atoms with Crippen molar-refractivity contribution < 1.29 is 4.52 Å². The van der Waals surface area contributed by atoms with E-state index in [0.717, 1.165) is 44.2 Å². The molecule has 2 unspecified atom stereocenters. The van der Waals surface area contributed by atoms with Crippen molar-refractivity contribution in [3.8, 4) is 0 Å². The van der Waals surface area contributed by atoms with Gasteiger partial charge in [0.05, 0.1) is 0 Å². The molecule has 2 aliphatic rings. The van der Waals surface area contributed by atoms with Crippen LogP contribution in [0, 0.1) is 0 Å². The summed E-state index contributed by atoms with van der Waals surface area (Å²) in [7, 11) is 0. The first-order chi connectivity index (χ1) is 8.86. The van der Waals surface area contributed by atoms with E-state index in [0.29, 0.717) is 12.0 Å². The highest BCUT2D eigenvalue weighted by Gasteiger charge is 2.27. The van der Waals surface area contributed by atoms with Gasteiger partial charge in [-0.15, -0.1) is 0 Å². The van der Waals surface area contributed by atoms with E-state index < -0.39 is 0 Å². The van der Waals surface area contributed by atoms with Crippen molar-refractivity contribution >= 4 is 0 Å². The first kappa shape index (κ1) is 12.1. The average molecular weight is 250 g/mol. The van der Waals surface area contributed by atoms with Gasteiger partial charge in [0, 0.05) is 24.9 Å². The number of likely N-dealkylation sites (N-methyl/N-ethyl adjacent to an activating group) is 1. The normalized spacial score (nSPS) is 29.2. The molecule has 18 heavy (non-hydrogen) atoms. The molecule has 1 aromatic heterocycles. The molecular formula is C13H22N4O. The Morgan fingerprint density at radius 1 is 1.44 bits per heavy atom. The number of rotatable bonds is 4. The van der Waals surface area contributed by atoms with Crippen LogP contribution >= 0.6 is 0 Å². The summed E-state index contributed by atoms with van der Waals surface area (Å²) in [6, 6.07) is 0.602. The third kappa shape index (κ3) is 2.42. The Morgan fingerprint density at radius 2 is 2.39 bits per heavy atom. The molecular weight excluding hydrogens is 228 g/mol. The zero-order valence-corrected chi connectivity index (χ0v) is 11.1. The molecule has 5 heteroatoms. The molecule has 0 aliphatic carbocycles. The van der Waals surface area contributed by atoms with E-state index in [9.17, 15) is 0 Å². The summed E-state index contributed by atoms with van der Waals surface area (Å²) < 4.78 is 5.42. The molecule has 2 fully saturated rings. The molecule has 1 aromatic rings. The molecule has 1 N–H and O–H groups in total. The smallest absolute Gasteiger partial charge is 0.228 e. The average Bonchev–Trinajstić information content (AvgIpc) is 3.10. The van der Waals surface area contributed by atoms with Crippen LogP contribution in [0.25, 0.3) is 0 Å². The van der Waals surface area contributed by atoms with E-state index in [1.807, 2.05) is 0 Å². The minimum absolute atomic E-state index is 0.452. The van der Waals surface area contributed by atoms with Gasteiger partial charge in [0.25, 0.3) is 0 Å². The molecule has 0 spiro atoms. The van der Waals surface area contributed by atoms with Crippen molar-refractivity contribution in [1.82, 2.24) is 20.4 Å². The van der Waals surface area contributed by atoms with Crippen molar-refractivity contribution in [3.63, 3.8) is 0 Å². The molecule has 2 saturated heterocycles. The molecule has 5 nitrogen and oxygen atoms in total. The van der Waals surface area contributed by atoms with Crippen molar-refractivity contribution in [3.05, 3.63) is 11.7 Å². The van der Waals surface area contributed by atoms with E-state index in [1.54, 1.807) is 0 Å². The van der Waals surface area contributed by atoms with Crippen LogP contribution in [0.1, 0.15) is 43.8 Å². The second-order valence-electron chi connectivity index (χ2n) is 5.36. The Labute approximate surface area is 108 Å². The topological polar surface area (TPSA) is 54.2 Å². The first-order valence-corrected chi connectivity index (χ1v) is 7.14. The molecule has 3 heterocycles. The van der Waals surface area contributed by atoms with Gasteiger partial charge >= 0.3 is 0 Å². The van der Waals surface area contributed by atoms with Crippen molar-refractivity contribution in [2.24, 2.45) is 0 Å². The number of aromatic nitrogens is 2. The van der Waals surface area contributed by atoms with Crippen LogP contribution in [-0.4, -0.2) is 47.3 Å². The lowest BCUT2D eigenvalue weighted by molar-refractivity contribution is 0.246. The van der Waals surface area contributed by atoms with E-state index in [4.69, 9.17) is 4.52 Å². The Morgan fingerprint density at radius 3 is 3.17 bits per heavy atom. The molecule has 100 valence electrons. The number of likely N-dealkylation sites (tertiary alicyclic amines) is 1. The monoisotopic (exact) mass is 250 g/mol. The van der Waals surface area contributed by atoms with Crippen LogP contribution in [0.15, 0.2) is 4.52 Å². The van der Waals surface area contributed by atoms with Gasteiger partial charge < -0.3 is 14.7 Å². The lowest BCUT2D eigenvalue weighted by Crippen LogP contribution is -2.30. The van der Waals surface area contributed by atoms with Crippen molar-refractivity contribution in [1.29, 1.82) is 0 Å². The van der Waals surface area contributed by atoms with Crippen LogP contribution in [0.3, 0.4) is 0 Å². The quantitative estimate of drug-likeness (QED) is 0.869. The number of hydrogen-bond donors (Lipinski definition) is 1. The summed E-state index contributed by atoms with van der Waals surface area (Å²) >= 11 is 0. The van der Waals surface area contributed by atoms with Gasteiger partial charge in [0.2, 0.25) is 5.89 Å². The van der Waals surface area contributed by atoms with Gasteiger partial charge in [0.15, 0.2) is 5.82 Å². The number of hydrogen-bond acceptors (Lipinski definition) is 5. The number of nitrogens with one attached hydrogen (secondary N) is 1. The SMILES string of the molecule is CCN1CCCC1Cc1nc(C2CCNC2)no1. The second kappa shape index (κ2) is 5.36. The standard InChI is InChI=1S/C13H22N4O/c1-2-17-7-3-4-11(17)8-12-15-13(16-18-12)10-5-6-14-9-10/h10-11,14H,2-9H2,1H3. The summed E-state index contributed by atoms with van der Waals surface area (Å²) in [6.45, 7) is 6.62. The summed E-state index contributed by atoms with van der Waals surface area (Å²) in [4.78, 5) is 7.09. The highest BCUT2D eigenvalue weighted by Crippen LogP contribution is 2.22. The highest BCUT2D eigenvalue weighted by molar-refractivity contribution is 5.00. The Bertz CT molecular complexity index is 386. The van der Waals surface area contributed by atoms with Crippen molar-refractivity contribution in [2.45, 2.75) is 44.6 Å². The predicted molar refractivity (Wildman–Crippen MR) is 68.5 cm³/mol. The minimum Gasteiger partial charge on any atom is -0.339 e. The Kier molecular flexibility index (Phi) is 3.61. The molecule has 0 saturated carbocycles.